The summed E-state index contributed by atoms with van der Waals surface area (Å²) in [6.45, 7) is 0. The van der Waals surface area contributed by atoms with Gasteiger partial charge >= 0.3 is 0 Å². The van der Waals surface area contributed by atoms with E-state index in [2.05, 4.69) is 94.9 Å². The molecule has 3 aromatic carbocycles. The van der Waals surface area contributed by atoms with Gasteiger partial charge in [0.15, 0.2) is 0 Å². The first-order valence-corrected chi connectivity index (χ1v) is 15.0. The second-order valence-electron chi connectivity index (χ2n) is 11.6. The van der Waals surface area contributed by atoms with Crippen LogP contribution in [0.2, 0.25) is 0 Å². The number of benzene rings is 3. The Morgan fingerprint density at radius 2 is 1.19 bits per heavy atom. The number of hydrogen-bond donors (Lipinski definition) is 0. The van der Waals surface area contributed by atoms with Crippen LogP contribution in [-0.4, -0.2) is 15.0 Å². The number of pyridine rings is 3. The maximum Gasteiger partial charge on any atom is 0.0716 e. The fraction of sp³-hybridized carbons (Fsp3) is 0.154. The predicted molar refractivity (Wildman–Crippen MR) is 171 cm³/mol. The van der Waals surface area contributed by atoms with Crippen molar-refractivity contribution in [1.82, 2.24) is 15.0 Å². The molecule has 2 aliphatic rings. The van der Waals surface area contributed by atoms with Gasteiger partial charge in [-0.05, 0) is 88.2 Å². The Hall–Kier alpha value is -4.89. The van der Waals surface area contributed by atoms with E-state index < -0.39 is 0 Å². The van der Waals surface area contributed by atoms with Gasteiger partial charge in [0.25, 0.3) is 0 Å². The topological polar surface area (TPSA) is 38.7 Å². The Morgan fingerprint density at radius 1 is 0.476 bits per heavy atom. The minimum atomic E-state index is 0.150. The second kappa shape index (κ2) is 10.2. The van der Waals surface area contributed by atoms with Crippen molar-refractivity contribution in [3.8, 4) is 55.9 Å². The summed E-state index contributed by atoms with van der Waals surface area (Å²) >= 11 is 0. The lowest BCUT2D eigenvalue weighted by Crippen LogP contribution is -2.27. The Bertz CT molecular complexity index is 1850. The van der Waals surface area contributed by atoms with Gasteiger partial charge in [0.1, 0.15) is 0 Å². The molecule has 3 heterocycles. The van der Waals surface area contributed by atoms with Gasteiger partial charge in [0.05, 0.1) is 11.4 Å². The van der Waals surface area contributed by atoms with Crippen molar-refractivity contribution in [2.45, 2.75) is 37.5 Å². The normalized spacial score (nSPS) is 14.9. The minimum absolute atomic E-state index is 0.150. The van der Waals surface area contributed by atoms with Crippen LogP contribution in [-0.2, 0) is 5.41 Å². The van der Waals surface area contributed by atoms with Gasteiger partial charge in [-0.3, -0.25) is 9.97 Å². The molecule has 42 heavy (non-hydrogen) atoms. The number of nitrogens with zero attached hydrogens (tertiary/aromatic N) is 3. The molecule has 0 N–H and O–H groups in total. The third kappa shape index (κ3) is 4.08. The summed E-state index contributed by atoms with van der Waals surface area (Å²) in [5, 5.41) is 0. The van der Waals surface area contributed by atoms with E-state index in [0.29, 0.717) is 0 Å². The van der Waals surface area contributed by atoms with E-state index in [4.69, 9.17) is 4.98 Å². The Morgan fingerprint density at radius 3 is 2.02 bits per heavy atom. The number of rotatable bonds is 4. The van der Waals surface area contributed by atoms with Gasteiger partial charge in [0, 0.05) is 46.9 Å². The quantitative estimate of drug-likeness (QED) is 0.223. The molecule has 0 unspecified atom stereocenters. The zero-order chi connectivity index (χ0) is 27.9. The second-order valence-corrected chi connectivity index (χ2v) is 11.6. The Balaban J connectivity index is 1.29. The van der Waals surface area contributed by atoms with E-state index in [9.17, 15) is 0 Å². The minimum Gasteiger partial charge on any atom is -0.265 e. The molecule has 0 saturated heterocycles. The number of hydrogen-bond acceptors (Lipinski definition) is 3. The van der Waals surface area contributed by atoms with Gasteiger partial charge in [0.2, 0.25) is 0 Å². The highest BCUT2D eigenvalue weighted by molar-refractivity contribution is 5.93. The molecule has 1 saturated carbocycles. The zero-order valence-corrected chi connectivity index (χ0v) is 23.5. The van der Waals surface area contributed by atoms with Gasteiger partial charge in [-0.15, -0.1) is 0 Å². The molecule has 3 aromatic heterocycles. The lowest BCUT2D eigenvalue weighted by molar-refractivity contribution is 0.353. The standard InChI is InChI=1S/C39H31N3/c1-4-18-39(19-5-1)34-14-3-2-12-33(34)38-32(13-7-15-35(38)39)28-9-6-10-29(23-28)37-25-31(30-11-8-20-41-26-30)24-36(42-37)27-16-21-40-22-17-27/h2-3,6-17,20-26H,1,4-5,18-19H2. The molecule has 0 radical (unpaired) electrons. The molecule has 3 nitrogen and oxygen atoms in total. The molecular weight excluding hydrogens is 510 g/mol. The highest BCUT2D eigenvalue weighted by Gasteiger charge is 2.44. The molecule has 202 valence electrons. The average molecular weight is 542 g/mol. The highest BCUT2D eigenvalue weighted by Crippen LogP contribution is 2.57. The highest BCUT2D eigenvalue weighted by atomic mass is 14.7. The third-order valence-electron chi connectivity index (χ3n) is 9.26. The van der Waals surface area contributed by atoms with Crippen molar-refractivity contribution in [3.05, 3.63) is 139 Å². The predicted octanol–water partition coefficient (Wildman–Crippen LogP) is 9.77. The molecule has 6 aromatic rings. The molecule has 0 bridgehead atoms. The molecule has 0 aliphatic heterocycles. The molecule has 3 heteroatoms. The summed E-state index contributed by atoms with van der Waals surface area (Å²) in [5.41, 5.74) is 14.7. The molecular formula is C39H31N3. The fourth-order valence-electron chi connectivity index (χ4n) is 7.33. The van der Waals surface area contributed by atoms with Crippen LogP contribution < -0.4 is 0 Å². The van der Waals surface area contributed by atoms with Crippen LogP contribution >= 0.6 is 0 Å². The van der Waals surface area contributed by atoms with Crippen LogP contribution in [0.4, 0.5) is 0 Å². The van der Waals surface area contributed by atoms with Crippen molar-refractivity contribution in [3.63, 3.8) is 0 Å². The molecule has 0 amide bonds. The van der Waals surface area contributed by atoms with Crippen molar-refractivity contribution in [2.75, 3.05) is 0 Å². The van der Waals surface area contributed by atoms with Crippen molar-refractivity contribution in [1.29, 1.82) is 0 Å². The van der Waals surface area contributed by atoms with E-state index in [0.717, 1.165) is 33.6 Å². The largest absolute Gasteiger partial charge is 0.265 e. The number of fused-ring (bicyclic) bond motifs is 5. The summed E-state index contributed by atoms with van der Waals surface area (Å²) in [6, 6.07) is 37.5. The first-order valence-electron chi connectivity index (χ1n) is 15.0. The van der Waals surface area contributed by atoms with Crippen LogP contribution in [0.3, 0.4) is 0 Å². The van der Waals surface area contributed by atoms with Gasteiger partial charge in [-0.2, -0.15) is 0 Å². The third-order valence-corrected chi connectivity index (χ3v) is 9.26. The first kappa shape index (κ1) is 24.9. The van der Waals surface area contributed by atoms with Crippen molar-refractivity contribution < 1.29 is 0 Å². The van der Waals surface area contributed by atoms with E-state index >= 15 is 0 Å². The summed E-state index contributed by atoms with van der Waals surface area (Å²) in [6.07, 6.45) is 13.8. The molecule has 1 spiro atoms. The maximum absolute atomic E-state index is 5.16. The SMILES string of the molecule is c1cncc(-c2cc(-c3ccncc3)nc(-c3cccc(-c4cccc5c4-c4ccccc4C54CCCCC4)c3)c2)c1. The number of aromatic nitrogens is 3. The van der Waals surface area contributed by atoms with Crippen LogP contribution in [0.5, 0.6) is 0 Å². The fourth-order valence-corrected chi connectivity index (χ4v) is 7.33. The lowest BCUT2D eigenvalue weighted by Gasteiger charge is -2.36. The van der Waals surface area contributed by atoms with Crippen molar-refractivity contribution in [2.24, 2.45) is 0 Å². The van der Waals surface area contributed by atoms with E-state index in [-0.39, 0.29) is 5.41 Å². The molecule has 8 rings (SSSR count). The maximum atomic E-state index is 5.16. The van der Waals surface area contributed by atoms with Gasteiger partial charge < -0.3 is 0 Å². The van der Waals surface area contributed by atoms with Crippen molar-refractivity contribution >= 4 is 0 Å². The van der Waals surface area contributed by atoms with E-state index in [1.54, 1.807) is 0 Å². The van der Waals surface area contributed by atoms with Gasteiger partial charge in [-0.1, -0.05) is 86.0 Å². The summed E-state index contributed by atoms with van der Waals surface area (Å²) in [5.74, 6) is 0. The lowest BCUT2D eigenvalue weighted by atomic mass is 9.68. The first-order chi connectivity index (χ1) is 20.8. The van der Waals surface area contributed by atoms with E-state index in [1.807, 2.05) is 43.0 Å². The zero-order valence-electron chi connectivity index (χ0n) is 23.5. The van der Waals surface area contributed by atoms with Crippen LogP contribution in [0.1, 0.15) is 43.2 Å². The van der Waals surface area contributed by atoms with E-state index in [1.165, 1.54) is 65.5 Å². The summed E-state index contributed by atoms with van der Waals surface area (Å²) in [7, 11) is 0. The average Bonchev–Trinajstić information content (AvgIpc) is 3.35. The molecule has 0 atom stereocenters. The van der Waals surface area contributed by atoms with Gasteiger partial charge in [-0.25, -0.2) is 4.98 Å². The monoisotopic (exact) mass is 541 g/mol. The summed E-state index contributed by atoms with van der Waals surface area (Å²) in [4.78, 5) is 13.8. The van der Waals surface area contributed by atoms with Crippen LogP contribution in [0, 0.1) is 0 Å². The molecule has 1 fully saturated rings. The summed E-state index contributed by atoms with van der Waals surface area (Å²) < 4.78 is 0. The smallest absolute Gasteiger partial charge is 0.0716 e. The van der Waals surface area contributed by atoms with Crippen LogP contribution in [0.25, 0.3) is 55.9 Å². The Kier molecular flexibility index (Phi) is 6.03. The Labute approximate surface area is 247 Å². The molecule has 2 aliphatic carbocycles. The van der Waals surface area contributed by atoms with Crippen LogP contribution in [0.15, 0.2) is 128 Å².